The summed E-state index contributed by atoms with van der Waals surface area (Å²) in [7, 11) is 0. The van der Waals surface area contributed by atoms with Gasteiger partial charge in [0.05, 0.1) is 6.61 Å². The van der Waals surface area contributed by atoms with Crippen molar-refractivity contribution in [3.05, 3.63) is 29.8 Å². The Bertz CT molecular complexity index is 546. The predicted octanol–water partition coefficient (Wildman–Crippen LogP) is 1.45. The first-order chi connectivity index (χ1) is 9.11. The number of hydrogen-bond donors (Lipinski definition) is 1. The van der Waals surface area contributed by atoms with E-state index in [4.69, 9.17) is 9.47 Å². The number of ether oxygens (including phenoxy) is 3. The molecule has 19 heavy (non-hydrogen) atoms. The average Bonchev–Trinajstić information content (AvgIpc) is 2.85. The lowest BCUT2D eigenvalue weighted by molar-refractivity contribution is -0.151. The van der Waals surface area contributed by atoms with Gasteiger partial charge in [0.15, 0.2) is 11.5 Å². The zero-order chi connectivity index (χ0) is 13.8. The van der Waals surface area contributed by atoms with E-state index >= 15 is 0 Å². The quantitative estimate of drug-likeness (QED) is 0.383. The van der Waals surface area contributed by atoms with Crippen molar-refractivity contribution in [2.75, 3.05) is 13.4 Å². The van der Waals surface area contributed by atoms with Gasteiger partial charge in [-0.05, 0) is 25.1 Å². The van der Waals surface area contributed by atoms with Crippen LogP contribution in [0.4, 0.5) is 0 Å². The monoisotopic (exact) mass is 264 g/mol. The van der Waals surface area contributed by atoms with E-state index in [0.717, 1.165) is 6.08 Å². The first kappa shape index (κ1) is 12.9. The maximum absolute atomic E-state index is 11.4. The summed E-state index contributed by atoms with van der Waals surface area (Å²) >= 11 is 0. The van der Waals surface area contributed by atoms with Crippen molar-refractivity contribution in [2.24, 2.45) is 0 Å². The Morgan fingerprint density at radius 2 is 2.11 bits per heavy atom. The highest BCUT2D eigenvalue weighted by Crippen LogP contribution is 2.33. The average molecular weight is 264 g/mol. The molecule has 0 spiro atoms. The lowest BCUT2D eigenvalue weighted by Crippen LogP contribution is -2.15. The molecular formula is C13H12O6. The smallest absolute Gasteiger partial charge is 0.379 e. The predicted molar refractivity (Wildman–Crippen MR) is 64.8 cm³/mol. The number of aliphatic hydroxyl groups is 1. The highest BCUT2D eigenvalue weighted by atomic mass is 16.7. The molecule has 0 aliphatic carbocycles. The summed E-state index contributed by atoms with van der Waals surface area (Å²) in [5.74, 6) is -1.22. The van der Waals surface area contributed by atoms with E-state index in [9.17, 15) is 14.7 Å². The first-order valence-electron chi connectivity index (χ1n) is 5.63. The van der Waals surface area contributed by atoms with Gasteiger partial charge in [0.1, 0.15) is 5.76 Å². The Balaban J connectivity index is 2.17. The van der Waals surface area contributed by atoms with E-state index in [0.29, 0.717) is 17.1 Å². The summed E-state index contributed by atoms with van der Waals surface area (Å²) in [5.41, 5.74) is 0.349. The largest absolute Gasteiger partial charge is 0.507 e. The maximum Gasteiger partial charge on any atom is 0.379 e. The third-order valence-electron chi connectivity index (χ3n) is 2.41. The van der Waals surface area contributed by atoms with Gasteiger partial charge in [-0.3, -0.25) is 4.79 Å². The number of aliphatic hydroxyl groups excluding tert-OH is 1. The van der Waals surface area contributed by atoms with Crippen LogP contribution in [0.1, 0.15) is 12.5 Å². The van der Waals surface area contributed by atoms with Crippen molar-refractivity contribution in [1.82, 2.24) is 0 Å². The molecule has 1 aliphatic rings. The Labute approximate surface area is 109 Å². The van der Waals surface area contributed by atoms with E-state index < -0.39 is 11.8 Å². The topological polar surface area (TPSA) is 82.1 Å². The summed E-state index contributed by atoms with van der Waals surface area (Å²) in [6, 6.07) is 4.68. The first-order valence-corrected chi connectivity index (χ1v) is 5.63. The van der Waals surface area contributed by atoms with Crippen molar-refractivity contribution >= 4 is 17.5 Å². The normalized spacial score (nSPS) is 13.2. The number of esters is 1. The van der Waals surface area contributed by atoms with Gasteiger partial charge < -0.3 is 19.3 Å². The van der Waals surface area contributed by atoms with Crippen molar-refractivity contribution < 1.29 is 28.9 Å². The van der Waals surface area contributed by atoms with E-state index in [1.807, 2.05) is 0 Å². The maximum atomic E-state index is 11.4. The van der Waals surface area contributed by atoms with Gasteiger partial charge in [0, 0.05) is 11.6 Å². The van der Waals surface area contributed by atoms with E-state index in [2.05, 4.69) is 4.74 Å². The molecule has 1 heterocycles. The van der Waals surface area contributed by atoms with Gasteiger partial charge in [0.2, 0.25) is 6.79 Å². The van der Waals surface area contributed by atoms with Crippen molar-refractivity contribution in [1.29, 1.82) is 0 Å². The molecule has 0 bridgehead atoms. The fraction of sp³-hybridized carbons (Fsp3) is 0.231. The molecule has 2 rings (SSSR count). The second kappa shape index (κ2) is 5.43. The van der Waals surface area contributed by atoms with Gasteiger partial charge in [-0.2, -0.15) is 0 Å². The lowest BCUT2D eigenvalue weighted by atomic mass is 10.1. The van der Waals surface area contributed by atoms with Crippen molar-refractivity contribution in [3.63, 3.8) is 0 Å². The number of carbonyl (C=O) groups is 2. The highest BCUT2D eigenvalue weighted by molar-refractivity contribution is 6.39. The summed E-state index contributed by atoms with van der Waals surface area (Å²) in [6.07, 6.45) is 0.815. The molecule has 1 aromatic carbocycles. The number of hydrogen-bond acceptors (Lipinski definition) is 6. The minimum Gasteiger partial charge on any atom is -0.507 e. The third-order valence-corrected chi connectivity index (χ3v) is 2.41. The zero-order valence-electron chi connectivity index (χ0n) is 10.2. The number of rotatable bonds is 4. The number of benzene rings is 1. The Morgan fingerprint density at radius 1 is 1.37 bits per heavy atom. The van der Waals surface area contributed by atoms with Crippen LogP contribution in [0, 0.1) is 0 Å². The van der Waals surface area contributed by atoms with Crippen LogP contribution in [0.3, 0.4) is 0 Å². The van der Waals surface area contributed by atoms with Crippen LogP contribution in [0.5, 0.6) is 11.5 Å². The Morgan fingerprint density at radius 3 is 2.84 bits per heavy atom. The summed E-state index contributed by atoms with van der Waals surface area (Å²) in [4.78, 5) is 22.5. The summed E-state index contributed by atoms with van der Waals surface area (Å²) < 4.78 is 14.8. The van der Waals surface area contributed by atoms with Crippen LogP contribution < -0.4 is 9.47 Å². The molecular weight excluding hydrogens is 252 g/mol. The van der Waals surface area contributed by atoms with Crippen LogP contribution in [0.25, 0.3) is 5.76 Å². The fourth-order valence-corrected chi connectivity index (χ4v) is 1.52. The number of ketones is 1. The fourth-order valence-electron chi connectivity index (χ4n) is 1.52. The molecule has 1 aliphatic heterocycles. The lowest BCUT2D eigenvalue weighted by Gasteiger charge is -2.02. The van der Waals surface area contributed by atoms with Gasteiger partial charge in [-0.1, -0.05) is 0 Å². The second-order valence-corrected chi connectivity index (χ2v) is 3.68. The van der Waals surface area contributed by atoms with Gasteiger partial charge in [0.25, 0.3) is 5.78 Å². The number of fused-ring (bicyclic) bond motifs is 1. The molecule has 0 saturated heterocycles. The molecule has 0 atom stereocenters. The zero-order valence-corrected chi connectivity index (χ0v) is 10.2. The van der Waals surface area contributed by atoms with Gasteiger partial charge in [-0.15, -0.1) is 0 Å². The molecule has 0 aromatic heterocycles. The Kier molecular flexibility index (Phi) is 3.70. The molecule has 0 unspecified atom stereocenters. The van der Waals surface area contributed by atoms with Gasteiger partial charge in [-0.25, -0.2) is 4.79 Å². The molecule has 1 N–H and O–H groups in total. The van der Waals surface area contributed by atoms with E-state index in [1.54, 1.807) is 19.1 Å². The molecule has 6 heteroatoms. The molecule has 0 amide bonds. The molecule has 0 fully saturated rings. The van der Waals surface area contributed by atoms with E-state index in [-0.39, 0.29) is 19.2 Å². The summed E-state index contributed by atoms with van der Waals surface area (Å²) in [5, 5.41) is 9.78. The minimum atomic E-state index is -1.00. The van der Waals surface area contributed by atoms with Crippen LogP contribution in [-0.2, 0) is 14.3 Å². The summed E-state index contributed by atoms with van der Waals surface area (Å²) in [6.45, 7) is 1.81. The molecule has 1 aromatic rings. The standard InChI is InChI=1S/C13H12O6/c1-2-17-13(16)10(15)6-9(14)8-3-4-11-12(5-8)19-7-18-11/h3-6,14H,2,7H2,1H3/b9-6-. The third kappa shape index (κ3) is 2.85. The van der Waals surface area contributed by atoms with E-state index in [1.165, 1.54) is 6.07 Å². The minimum absolute atomic E-state index is 0.100. The Hall–Kier alpha value is -2.50. The van der Waals surface area contributed by atoms with Crippen molar-refractivity contribution in [2.45, 2.75) is 6.92 Å². The van der Waals surface area contributed by atoms with Crippen molar-refractivity contribution in [3.8, 4) is 11.5 Å². The van der Waals surface area contributed by atoms with Crippen LogP contribution in [0.15, 0.2) is 24.3 Å². The van der Waals surface area contributed by atoms with Gasteiger partial charge >= 0.3 is 5.97 Å². The second-order valence-electron chi connectivity index (χ2n) is 3.68. The van der Waals surface area contributed by atoms with Crippen LogP contribution in [-0.4, -0.2) is 30.3 Å². The molecule has 100 valence electrons. The van der Waals surface area contributed by atoms with Crippen LogP contribution >= 0.6 is 0 Å². The number of carbonyl (C=O) groups excluding carboxylic acids is 2. The highest BCUT2D eigenvalue weighted by Gasteiger charge is 2.17. The molecule has 6 nitrogen and oxygen atoms in total. The SMILES string of the molecule is CCOC(=O)C(=O)/C=C(\O)c1ccc2c(c1)OCO2. The van der Waals surface area contributed by atoms with Crippen LogP contribution in [0.2, 0.25) is 0 Å². The molecule has 0 saturated carbocycles. The molecule has 0 radical (unpaired) electrons.